The smallest absolute Gasteiger partial charge is 0.300 e. The second-order valence-electron chi connectivity index (χ2n) is 4.31. The van der Waals surface area contributed by atoms with E-state index in [1.807, 2.05) is 0 Å². The molecule has 0 radical (unpaired) electrons. The van der Waals surface area contributed by atoms with Crippen molar-refractivity contribution in [2.75, 3.05) is 6.61 Å². The Morgan fingerprint density at radius 2 is 1.56 bits per heavy atom. The van der Waals surface area contributed by atoms with Crippen molar-refractivity contribution >= 4 is 5.97 Å². The molecule has 1 atom stereocenters. The van der Waals surface area contributed by atoms with Crippen molar-refractivity contribution in [1.82, 2.24) is 0 Å². The van der Waals surface area contributed by atoms with Gasteiger partial charge >= 0.3 is 0 Å². The van der Waals surface area contributed by atoms with Crippen molar-refractivity contribution in [3.8, 4) is 0 Å². The molecule has 0 aliphatic heterocycles. The Bertz CT molecular complexity index is 142. The maximum absolute atomic E-state index is 9.00. The van der Waals surface area contributed by atoms with Crippen molar-refractivity contribution in [1.29, 1.82) is 0 Å². The molecule has 0 bridgehead atoms. The van der Waals surface area contributed by atoms with E-state index < -0.39 is 5.97 Å². The molecule has 98 valence electrons. The third-order valence-corrected chi connectivity index (χ3v) is 2.55. The fourth-order valence-electron chi connectivity index (χ4n) is 1.34. The van der Waals surface area contributed by atoms with Gasteiger partial charge in [-0.1, -0.05) is 52.4 Å². The van der Waals surface area contributed by atoms with Gasteiger partial charge in [0.05, 0.1) is 0 Å². The van der Waals surface area contributed by atoms with Crippen LogP contribution in [0, 0.1) is 5.92 Å². The predicted octanol–water partition coefficient (Wildman–Crippen LogP) is 3.46. The van der Waals surface area contributed by atoms with Gasteiger partial charge in [-0.15, -0.1) is 0 Å². The Kier molecular flexibility index (Phi) is 16.1. The molecule has 16 heavy (non-hydrogen) atoms. The van der Waals surface area contributed by atoms with E-state index in [0.29, 0.717) is 6.61 Å². The normalized spacial score (nSPS) is 11.5. The molecule has 0 aromatic rings. The van der Waals surface area contributed by atoms with E-state index in [1.165, 1.54) is 38.5 Å². The van der Waals surface area contributed by atoms with Gasteiger partial charge in [0.1, 0.15) is 0 Å². The molecular weight excluding hydrogens is 204 g/mol. The maximum atomic E-state index is 9.00. The summed E-state index contributed by atoms with van der Waals surface area (Å²) in [6.07, 6.45) is 8.92. The highest BCUT2D eigenvalue weighted by atomic mass is 16.4. The van der Waals surface area contributed by atoms with Crippen LogP contribution < -0.4 is 0 Å². The molecule has 1 unspecified atom stereocenters. The molecule has 0 fully saturated rings. The van der Waals surface area contributed by atoms with Gasteiger partial charge in [0.2, 0.25) is 0 Å². The summed E-state index contributed by atoms with van der Waals surface area (Å²) in [4.78, 5) is 9.00. The maximum Gasteiger partial charge on any atom is 0.300 e. The highest BCUT2D eigenvalue weighted by molar-refractivity contribution is 5.62. The number of carbonyl (C=O) groups is 1. The lowest BCUT2D eigenvalue weighted by Gasteiger charge is -2.06. The first-order chi connectivity index (χ1) is 7.54. The van der Waals surface area contributed by atoms with Crippen LogP contribution in [0.15, 0.2) is 0 Å². The minimum absolute atomic E-state index is 0.366. The molecule has 3 heteroatoms. The van der Waals surface area contributed by atoms with E-state index in [2.05, 4.69) is 13.8 Å². The summed E-state index contributed by atoms with van der Waals surface area (Å²) in [6.45, 7) is 6.04. The Balaban J connectivity index is 0. The summed E-state index contributed by atoms with van der Waals surface area (Å²) >= 11 is 0. The average Bonchev–Trinajstić information content (AvgIpc) is 2.22. The molecule has 0 spiro atoms. The van der Waals surface area contributed by atoms with E-state index in [-0.39, 0.29) is 0 Å². The summed E-state index contributed by atoms with van der Waals surface area (Å²) in [7, 11) is 0. The van der Waals surface area contributed by atoms with Crippen molar-refractivity contribution in [3.63, 3.8) is 0 Å². The number of carboxylic acid groups (broad SMARTS) is 1. The van der Waals surface area contributed by atoms with Crippen LogP contribution in [-0.2, 0) is 4.79 Å². The summed E-state index contributed by atoms with van der Waals surface area (Å²) < 4.78 is 0. The number of rotatable bonds is 8. The van der Waals surface area contributed by atoms with Crippen LogP contribution in [0.1, 0.15) is 65.7 Å². The van der Waals surface area contributed by atoms with Gasteiger partial charge in [-0.05, 0) is 12.3 Å². The summed E-state index contributed by atoms with van der Waals surface area (Å²) in [5.41, 5.74) is 0. The number of aliphatic hydroxyl groups is 1. The number of carboxylic acids is 1. The summed E-state index contributed by atoms with van der Waals surface area (Å²) in [5, 5.41) is 16.0. The van der Waals surface area contributed by atoms with E-state index in [9.17, 15) is 0 Å². The van der Waals surface area contributed by atoms with E-state index in [1.54, 1.807) is 0 Å². The zero-order valence-electron chi connectivity index (χ0n) is 11.0. The molecule has 0 aromatic carbocycles. The quantitative estimate of drug-likeness (QED) is 0.630. The van der Waals surface area contributed by atoms with Crippen molar-refractivity contribution in [2.45, 2.75) is 65.7 Å². The second-order valence-corrected chi connectivity index (χ2v) is 4.31. The topological polar surface area (TPSA) is 57.5 Å². The Morgan fingerprint density at radius 1 is 1.12 bits per heavy atom. The van der Waals surface area contributed by atoms with Crippen LogP contribution in [-0.4, -0.2) is 22.8 Å². The van der Waals surface area contributed by atoms with Gasteiger partial charge in [0.15, 0.2) is 0 Å². The number of aliphatic hydroxyl groups excluding tert-OH is 1. The van der Waals surface area contributed by atoms with Gasteiger partial charge in [0.25, 0.3) is 5.97 Å². The average molecular weight is 232 g/mol. The lowest BCUT2D eigenvalue weighted by Crippen LogP contribution is -1.91. The van der Waals surface area contributed by atoms with Crippen LogP contribution in [0.4, 0.5) is 0 Å². The summed E-state index contributed by atoms with van der Waals surface area (Å²) in [5.74, 6) is 0.0721. The van der Waals surface area contributed by atoms with Crippen LogP contribution in [0.25, 0.3) is 0 Å². The minimum atomic E-state index is -0.833. The molecule has 3 nitrogen and oxygen atoms in total. The third-order valence-electron chi connectivity index (χ3n) is 2.55. The molecule has 0 aromatic heterocycles. The van der Waals surface area contributed by atoms with Gasteiger partial charge in [-0.25, -0.2) is 0 Å². The fourth-order valence-corrected chi connectivity index (χ4v) is 1.34. The lowest BCUT2D eigenvalue weighted by atomic mass is 10.0. The van der Waals surface area contributed by atoms with Gasteiger partial charge < -0.3 is 10.2 Å². The van der Waals surface area contributed by atoms with E-state index >= 15 is 0 Å². The molecule has 0 saturated heterocycles. The first-order valence-corrected chi connectivity index (χ1v) is 6.34. The van der Waals surface area contributed by atoms with Crippen molar-refractivity contribution in [3.05, 3.63) is 0 Å². The van der Waals surface area contributed by atoms with Crippen molar-refractivity contribution in [2.24, 2.45) is 5.92 Å². The van der Waals surface area contributed by atoms with Crippen LogP contribution in [0.2, 0.25) is 0 Å². The highest BCUT2D eigenvalue weighted by Crippen LogP contribution is 2.13. The van der Waals surface area contributed by atoms with E-state index in [4.69, 9.17) is 15.0 Å². The lowest BCUT2D eigenvalue weighted by molar-refractivity contribution is -0.134. The molecule has 0 heterocycles. The zero-order chi connectivity index (χ0) is 12.8. The highest BCUT2D eigenvalue weighted by Gasteiger charge is 1.97. The molecule has 2 N–H and O–H groups in total. The SMILES string of the molecule is CC(=O)O.CCC(C)CCCCCCCO. The predicted molar refractivity (Wildman–Crippen MR) is 67.6 cm³/mol. The second kappa shape index (κ2) is 14.4. The summed E-state index contributed by atoms with van der Waals surface area (Å²) in [6, 6.07) is 0. The van der Waals surface area contributed by atoms with Crippen LogP contribution in [0.3, 0.4) is 0 Å². The number of unbranched alkanes of at least 4 members (excludes halogenated alkanes) is 4. The molecule has 0 rings (SSSR count). The molecule has 0 amide bonds. The van der Waals surface area contributed by atoms with Gasteiger partial charge in [0, 0.05) is 13.5 Å². The molecular formula is C13H28O3. The first kappa shape index (κ1) is 17.8. The van der Waals surface area contributed by atoms with Gasteiger partial charge in [-0.3, -0.25) is 4.79 Å². The van der Waals surface area contributed by atoms with Gasteiger partial charge in [-0.2, -0.15) is 0 Å². The van der Waals surface area contributed by atoms with Crippen molar-refractivity contribution < 1.29 is 15.0 Å². The number of hydrogen-bond donors (Lipinski definition) is 2. The Morgan fingerprint density at radius 3 is 2.00 bits per heavy atom. The first-order valence-electron chi connectivity index (χ1n) is 6.34. The number of aliphatic carboxylic acids is 1. The third kappa shape index (κ3) is 23.3. The minimum Gasteiger partial charge on any atom is -0.481 e. The molecule has 0 saturated carbocycles. The molecule has 0 aliphatic rings. The van der Waals surface area contributed by atoms with E-state index in [0.717, 1.165) is 19.3 Å². The van der Waals surface area contributed by atoms with Crippen LogP contribution >= 0.6 is 0 Å². The largest absolute Gasteiger partial charge is 0.481 e. The monoisotopic (exact) mass is 232 g/mol. The van der Waals surface area contributed by atoms with Crippen LogP contribution in [0.5, 0.6) is 0 Å². The Labute approximate surface area is 99.9 Å². The Hall–Kier alpha value is -0.570. The fraction of sp³-hybridized carbons (Fsp3) is 0.923. The number of hydrogen-bond acceptors (Lipinski definition) is 2. The zero-order valence-corrected chi connectivity index (χ0v) is 11.0. The standard InChI is InChI=1S/C11H24O.C2H4O2/c1-3-11(2)9-7-5-4-6-8-10-12;1-2(3)4/h11-12H,3-10H2,1-2H3;1H3,(H,3,4). The molecule has 0 aliphatic carbocycles.